The summed E-state index contributed by atoms with van der Waals surface area (Å²) in [5.74, 6) is -0.370. The Balaban J connectivity index is 2.37. The Labute approximate surface area is 107 Å². The van der Waals surface area contributed by atoms with Gasteiger partial charge in [-0.05, 0) is 29.8 Å². The van der Waals surface area contributed by atoms with Crippen LogP contribution in [0.4, 0.5) is 4.39 Å². The van der Waals surface area contributed by atoms with Crippen LogP contribution in [0.1, 0.15) is 16.5 Å². The van der Waals surface area contributed by atoms with Gasteiger partial charge in [0.25, 0.3) is 0 Å². The van der Waals surface area contributed by atoms with Crippen LogP contribution in [0.2, 0.25) is 9.36 Å². The standard InChI is InChI=1S/C11H8Cl2FNS/c12-8-5-6(14)1-2-7(8)11(15)9-3-4-10(13)16-9/h1-5,11H,15H2. The smallest absolute Gasteiger partial charge is 0.124 e. The number of hydrogen-bond donors (Lipinski definition) is 1. The molecule has 1 aromatic carbocycles. The van der Waals surface area contributed by atoms with Crippen molar-refractivity contribution >= 4 is 34.5 Å². The van der Waals surface area contributed by atoms with Gasteiger partial charge in [0, 0.05) is 9.90 Å². The third-order valence-electron chi connectivity index (χ3n) is 2.20. The minimum absolute atomic E-state index is 0.331. The van der Waals surface area contributed by atoms with E-state index in [1.165, 1.54) is 23.5 Å². The van der Waals surface area contributed by atoms with Gasteiger partial charge in [-0.25, -0.2) is 4.39 Å². The molecule has 2 rings (SSSR count). The SMILES string of the molecule is NC(c1ccc(Cl)s1)c1ccc(F)cc1Cl. The summed E-state index contributed by atoms with van der Waals surface area (Å²) < 4.78 is 13.5. The van der Waals surface area contributed by atoms with Gasteiger partial charge in [0.15, 0.2) is 0 Å². The topological polar surface area (TPSA) is 26.0 Å². The predicted octanol–water partition coefficient (Wildman–Crippen LogP) is 4.24. The van der Waals surface area contributed by atoms with E-state index in [1.807, 2.05) is 6.07 Å². The highest BCUT2D eigenvalue weighted by atomic mass is 35.5. The van der Waals surface area contributed by atoms with Crippen molar-refractivity contribution in [3.63, 3.8) is 0 Å². The van der Waals surface area contributed by atoms with Crippen LogP contribution >= 0.6 is 34.5 Å². The predicted molar refractivity (Wildman–Crippen MR) is 66.8 cm³/mol. The van der Waals surface area contributed by atoms with E-state index in [1.54, 1.807) is 12.1 Å². The Kier molecular flexibility index (Phi) is 3.50. The first kappa shape index (κ1) is 11.9. The maximum absolute atomic E-state index is 12.9. The molecular weight excluding hydrogens is 268 g/mol. The summed E-state index contributed by atoms with van der Waals surface area (Å²) in [5, 5.41) is 0.331. The van der Waals surface area contributed by atoms with Gasteiger partial charge in [0.1, 0.15) is 5.82 Å². The fraction of sp³-hybridized carbons (Fsp3) is 0.0909. The molecule has 0 spiro atoms. The van der Waals surface area contributed by atoms with Crippen molar-refractivity contribution in [3.8, 4) is 0 Å². The van der Waals surface area contributed by atoms with E-state index >= 15 is 0 Å². The van der Waals surface area contributed by atoms with Gasteiger partial charge in [0.05, 0.1) is 10.4 Å². The van der Waals surface area contributed by atoms with Gasteiger partial charge in [-0.3, -0.25) is 0 Å². The van der Waals surface area contributed by atoms with Gasteiger partial charge in [0.2, 0.25) is 0 Å². The molecule has 2 aromatic rings. The minimum atomic E-state index is -0.370. The van der Waals surface area contributed by atoms with Crippen molar-refractivity contribution in [3.05, 3.63) is 55.9 Å². The van der Waals surface area contributed by atoms with E-state index in [0.29, 0.717) is 14.9 Å². The molecule has 0 saturated carbocycles. The quantitative estimate of drug-likeness (QED) is 0.872. The second-order valence-corrected chi connectivity index (χ2v) is 5.44. The van der Waals surface area contributed by atoms with Gasteiger partial charge >= 0.3 is 0 Å². The zero-order chi connectivity index (χ0) is 11.7. The van der Waals surface area contributed by atoms with Crippen LogP contribution < -0.4 is 5.73 Å². The first-order valence-corrected chi connectivity index (χ1v) is 6.11. The van der Waals surface area contributed by atoms with Crippen molar-refractivity contribution in [2.75, 3.05) is 0 Å². The van der Waals surface area contributed by atoms with E-state index in [4.69, 9.17) is 28.9 Å². The molecule has 1 nitrogen and oxygen atoms in total. The lowest BCUT2D eigenvalue weighted by Crippen LogP contribution is -2.10. The van der Waals surface area contributed by atoms with Crippen LogP contribution in [0.3, 0.4) is 0 Å². The van der Waals surface area contributed by atoms with Crippen molar-refractivity contribution in [2.24, 2.45) is 5.73 Å². The molecule has 1 atom stereocenters. The molecule has 0 amide bonds. The Morgan fingerprint density at radius 3 is 2.50 bits per heavy atom. The summed E-state index contributed by atoms with van der Waals surface area (Å²) in [7, 11) is 0. The van der Waals surface area contributed by atoms with Crippen LogP contribution in [-0.4, -0.2) is 0 Å². The van der Waals surface area contributed by atoms with Crippen molar-refractivity contribution < 1.29 is 4.39 Å². The molecule has 84 valence electrons. The largest absolute Gasteiger partial charge is 0.320 e. The fourth-order valence-electron chi connectivity index (χ4n) is 1.40. The van der Waals surface area contributed by atoms with Crippen LogP contribution in [-0.2, 0) is 0 Å². The lowest BCUT2D eigenvalue weighted by Gasteiger charge is -2.11. The maximum Gasteiger partial charge on any atom is 0.124 e. The van der Waals surface area contributed by atoms with Gasteiger partial charge in [-0.2, -0.15) is 0 Å². The fourth-order valence-corrected chi connectivity index (χ4v) is 2.77. The first-order chi connectivity index (χ1) is 7.58. The van der Waals surface area contributed by atoms with Crippen LogP contribution in [0.5, 0.6) is 0 Å². The average Bonchev–Trinajstić information content (AvgIpc) is 2.64. The molecule has 0 radical (unpaired) electrons. The number of thiophene rings is 1. The summed E-state index contributed by atoms with van der Waals surface area (Å²) >= 11 is 13.2. The Morgan fingerprint density at radius 1 is 1.19 bits per heavy atom. The molecular formula is C11H8Cl2FNS. The lowest BCUT2D eigenvalue weighted by molar-refractivity contribution is 0.626. The number of rotatable bonds is 2. The molecule has 0 bridgehead atoms. The maximum atomic E-state index is 12.9. The second-order valence-electron chi connectivity index (χ2n) is 3.29. The first-order valence-electron chi connectivity index (χ1n) is 4.53. The van der Waals surface area contributed by atoms with Crippen LogP contribution in [0.15, 0.2) is 30.3 Å². The van der Waals surface area contributed by atoms with Gasteiger partial charge < -0.3 is 5.73 Å². The summed E-state index contributed by atoms with van der Waals surface area (Å²) in [6, 6.07) is 7.44. The monoisotopic (exact) mass is 275 g/mol. The van der Waals surface area contributed by atoms with Crippen molar-refractivity contribution in [1.82, 2.24) is 0 Å². The number of nitrogens with two attached hydrogens (primary N) is 1. The average molecular weight is 276 g/mol. The molecule has 5 heteroatoms. The molecule has 0 aliphatic carbocycles. The molecule has 0 fully saturated rings. The highest BCUT2D eigenvalue weighted by Gasteiger charge is 2.14. The molecule has 0 aliphatic heterocycles. The van der Waals surface area contributed by atoms with Crippen LogP contribution in [0, 0.1) is 5.82 Å². The summed E-state index contributed by atoms with van der Waals surface area (Å²) in [6.45, 7) is 0. The van der Waals surface area contributed by atoms with Crippen molar-refractivity contribution in [2.45, 2.75) is 6.04 Å². The molecule has 0 aliphatic rings. The van der Waals surface area contributed by atoms with E-state index < -0.39 is 0 Å². The normalized spacial score (nSPS) is 12.8. The van der Waals surface area contributed by atoms with E-state index in [0.717, 1.165) is 4.88 Å². The summed E-state index contributed by atoms with van der Waals surface area (Å²) in [5.41, 5.74) is 6.72. The number of benzene rings is 1. The summed E-state index contributed by atoms with van der Waals surface area (Å²) in [6.07, 6.45) is 0. The number of halogens is 3. The minimum Gasteiger partial charge on any atom is -0.320 e. The van der Waals surface area contributed by atoms with E-state index in [2.05, 4.69) is 0 Å². The molecule has 16 heavy (non-hydrogen) atoms. The molecule has 1 heterocycles. The molecule has 1 aromatic heterocycles. The number of hydrogen-bond acceptors (Lipinski definition) is 2. The Bertz CT molecular complexity index is 512. The Hall–Kier alpha value is -0.610. The summed E-state index contributed by atoms with van der Waals surface area (Å²) in [4.78, 5) is 0.901. The third-order valence-corrected chi connectivity index (χ3v) is 3.84. The van der Waals surface area contributed by atoms with Crippen molar-refractivity contribution in [1.29, 1.82) is 0 Å². The molecule has 2 N–H and O–H groups in total. The van der Waals surface area contributed by atoms with Gasteiger partial charge in [-0.1, -0.05) is 29.3 Å². The second kappa shape index (κ2) is 4.72. The van der Waals surface area contributed by atoms with E-state index in [9.17, 15) is 4.39 Å². The highest BCUT2D eigenvalue weighted by Crippen LogP contribution is 2.32. The Morgan fingerprint density at radius 2 is 1.94 bits per heavy atom. The van der Waals surface area contributed by atoms with E-state index in [-0.39, 0.29) is 11.9 Å². The van der Waals surface area contributed by atoms with Crippen LogP contribution in [0.25, 0.3) is 0 Å². The molecule has 0 saturated heterocycles. The lowest BCUT2D eigenvalue weighted by atomic mass is 10.1. The zero-order valence-electron chi connectivity index (χ0n) is 8.08. The zero-order valence-corrected chi connectivity index (χ0v) is 10.4. The van der Waals surface area contributed by atoms with Gasteiger partial charge in [-0.15, -0.1) is 11.3 Å². The highest BCUT2D eigenvalue weighted by molar-refractivity contribution is 7.16. The molecule has 1 unspecified atom stereocenters. The third kappa shape index (κ3) is 2.38.